The summed E-state index contributed by atoms with van der Waals surface area (Å²) in [4.78, 5) is 24.0. The van der Waals surface area contributed by atoms with E-state index in [2.05, 4.69) is 25.4 Å². The van der Waals surface area contributed by atoms with Crippen molar-refractivity contribution in [1.82, 2.24) is 24.9 Å². The van der Waals surface area contributed by atoms with Crippen molar-refractivity contribution >= 4 is 44.4 Å². The fraction of sp³-hybridized carbons (Fsp3) is 0.316. The van der Waals surface area contributed by atoms with Crippen molar-refractivity contribution in [2.75, 3.05) is 5.32 Å². The summed E-state index contributed by atoms with van der Waals surface area (Å²) in [5.41, 5.74) is 0.737. The molecule has 0 aromatic carbocycles. The number of primary sulfonamides is 1. The van der Waals surface area contributed by atoms with Crippen LogP contribution < -0.4 is 15.9 Å². The lowest BCUT2D eigenvalue weighted by molar-refractivity contribution is -0.121. The number of hydrazone groups is 1. The highest BCUT2D eigenvalue weighted by molar-refractivity contribution is 7.89. The molecular weight excluding hydrogens is 477 g/mol. The molecule has 34 heavy (non-hydrogen) atoms. The van der Waals surface area contributed by atoms with Gasteiger partial charge in [-0.15, -0.1) is 0 Å². The zero-order valence-corrected chi connectivity index (χ0v) is 18.3. The maximum atomic E-state index is 13.8. The van der Waals surface area contributed by atoms with Gasteiger partial charge in [0.2, 0.25) is 21.9 Å². The van der Waals surface area contributed by atoms with Crippen LogP contribution in [0, 0.1) is 0 Å². The van der Waals surface area contributed by atoms with Crippen molar-refractivity contribution in [2.45, 2.75) is 43.3 Å². The Hall–Kier alpha value is -3.59. The number of halogens is 3. The van der Waals surface area contributed by atoms with Crippen LogP contribution in [-0.2, 0) is 21.4 Å². The molecule has 4 rings (SSSR count). The molecular formula is C19H19F3N8O3S. The summed E-state index contributed by atoms with van der Waals surface area (Å²) < 4.78 is 65.5. The Labute approximate surface area is 191 Å². The van der Waals surface area contributed by atoms with E-state index in [9.17, 15) is 26.4 Å². The number of sulfonamides is 1. The number of nitrogens with zero attached hydrogens (tertiary/aromatic N) is 5. The lowest BCUT2D eigenvalue weighted by Crippen LogP contribution is -2.30. The van der Waals surface area contributed by atoms with Gasteiger partial charge in [0.1, 0.15) is 16.4 Å². The number of hydrogen-bond acceptors (Lipinski definition) is 8. The summed E-state index contributed by atoms with van der Waals surface area (Å²) in [5.74, 6) is -0.341. The number of nitrogens with one attached hydrogen (secondary N) is 2. The van der Waals surface area contributed by atoms with Crippen LogP contribution in [0.25, 0.3) is 11.0 Å². The maximum absolute atomic E-state index is 13.8. The summed E-state index contributed by atoms with van der Waals surface area (Å²) in [5, 5.41) is 11.6. The highest BCUT2D eigenvalue weighted by atomic mass is 32.2. The molecule has 1 amide bonds. The minimum atomic E-state index is -4.82. The van der Waals surface area contributed by atoms with Gasteiger partial charge >= 0.3 is 6.18 Å². The number of fused-ring (bicyclic) bond motifs is 3. The van der Waals surface area contributed by atoms with E-state index in [1.54, 1.807) is 0 Å². The average Bonchev–Trinajstić information content (AvgIpc) is 3.08. The van der Waals surface area contributed by atoms with E-state index in [1.165, 1.54) is 29.0 Å². The lowest BCUT2D eigenvalue weighted by atomic mass is 10.2. The van der Waals surface area contributed by atoms with Gasteiger partial charge in [0.25, 0.3) is 0 Å². The third-order valence-electron chi connectivity index (χ3n) is 5.03. The summed E-state index contributed by atoms with van der Waals surface area (Å²) in [6, 6.07) is 3.87. The van der Waals surface area contributed by atoms with E-state index < -0.39 is 27.8 Å². The third-order valence-corrected chi connectivity index (χ3v) is 5.93. The molecule has 0 fully saturated rings. The van der Waals surface area contributed by atoms with Crippen molar-refractivity contribution in [3.63, 3.8) is 0 Å². The van der Waals surface area contributed by atoms with Gasteiger partial charge in [-0.05, 0) is 31.0 Å². The normalized spacial score (nSPS) is 17.3. The van der Waals surface area contributed by atoms with Gasteiger partial charge in [-0.1, -0.05) is 6.42 Å². The molecule has 0 saturated heterocycles. The number of aryl methyl sites for hydroxylation is 1. The molecule has 0 saturated carbocycles. The number of rotatable bonds is 3. The number of hydrogen-bond donors (Lipinski definition) is 3. The largest absolute Gasteiger partial charge is 0.437 e. The molecule has 0 radical (unpaired) electrons. The maximum Gasteiger partial charge on any atom is 0.437 e. The SMILES string of the molecule is NS(=O)(=O)c1ccc(Nc2ncc3cc4n(c3n2)CCCCCC(=O)N/N=C\4C(F)(F)F)nc1. The Morgan fingerprint density at radius 1 is 1.12 bits per heavy atom. The molecule has 0 unspecified atom stereocenters. The van der Waals surface area contributed by atoms with Crippen molar-refractivity contribution in [2.24, 2.45) is 10.2 Å². The first-order valence-corrected chi connectivity index (χ1v) is 11.6. The third kappa shape index (κ3) is 5.14. The number of anilines is 2. The molecule has 0 atom stereocenters. The molecule has 3 aromatic rings. The molecule has 3 aromatic heterocycles. The summed E-state index contributed by atoms with van der Waals surface area (Å²) in [6.07, 6.45) is -0.669. The molecule has 1 aliphatic heterocycles. The van der Waals surface area contributed by atoms with E-state index in [4.69, 9.17) is 5.14 Å². The number of alkyl halides is 3. The van der Waals surface area contributed by atoms with Gasteiger partial charge in [0.05, 0.1) is 5.69 Å². The van der Waals surface area contributed by atoms with E-state index >= 15 is 0 Å². The fourth-order valence-electron chi connectivity index (χ4n) is 3.43. The standard InChI is InChI=1S/C19H19F3N8O3S/c20-19(21,22)16-13-8-11-9-25-18(26-14-6-5-12(10-24-14)34(23,32)33)27-17(11)30(13)7-3-1-2-4-15(31)28-29-16/h5-6,8-10H,1-4,7H2,(H,28,31)(H2,23,32,33)(H,24,25,26,27)/b29-16+. The highest BCUT2D eigenvalue weighted by Crippen LogP contribution is 2.28. The molecule has 0 spiro atoms. The summed E-state index contributed by atoms with van der Waals surface area (Å²) in [7, 11) is -3.91. The topological polar surface area (TPSA) is 157 Å². The second kappa shape index (κ2) is 8.98. The zero-order chi connectivity index (χ0) is 24.5. The summed E-state index contributed by atoms with van der Waals surface area (Å²) >= 11 is 0. The Kier molecular flexibility index (Phi) is 6.22. The van der Waals surface area contributed by atoms with Gasteiger partial charge in [-0.25, -0.2) is 29.0 Å². The number of carbonyl (C=O) groups excluding carboxylic acids is 1. The predicted octanol–water partition coefficient (Wildman–Crippen LogP) is 2.17. The van der Waals surface area contributed by atoms with Crippen LogP contribution in [0.2, 0.25) is 0 Å². The van der Waals surface area contributed by atoms with Crippen molar-refractivity contribution in [3.8, 4) is 0 Å². The van der Waals surface area contributed by atoms with E-state index in [1.807, 2.05) is 5.43 Å². The molecule has 11 nitrogen and oxygen atoms in total. The first-order valence-electron chi connectivity index (χ1n) is 10.1. The minimum absolute atomic E-state index is 0.0392. The van der Waals surface area contributed by atoms with Crippen molar-refractivity contribution in [3.05, 3.63) is 36.3 Å². The van der Waals surface area contributed by atoms with Gasteiger partial charge < -0.3 is 9.88 Å². The molecule has 0 bridgehead atoms. The van der Waals surface area contributed by atoms with Crippen LogP contribution in [0.15, 0.2) is 40.6 Å². The van der Waals surface area contributed by atoms with Crippen molar-refractivity contribution < 1.29 is 26.4 Å². The second-order valence-electron chi connectivity index (χ2n) is 7.51. The lowest BCUT2D eigenvalue weighted by Gasteiger charge is -2.14. The fourth-order valence-corrected chi connectivity index (χ4v) is 3.89. The van der Waals surface area contributed by atoms with Gasteiger partial charge in [-0.3, -0.25) is 4.79 Å². The molecule has 0 aliphatic carbocycles. The average molecular weight is 496 g/mol. The highest BCUT2D eigenvalue weighted by Gasteiger charge is 2.40. The molecule has 4 heterocycles. The van der Waals surface area contributed by atoms with E-state index in [0.717, 1.165) is 6.20 Å². The minimum Gasteiger partial charge on any atom is -0.324 e. The number of aromatic nitrogens is 4. The Morgan fingerprint density at radius 3 is 2.59 bits per heavy atom. The van der Waals surface area contributed by atoms with Crippen LogP contribution in [0.4, 0.5) is 24.9 Å². The molecule has 180 valence electrons. The van der Waals surface area contributed by atoms with Crippen LogP contribution in [0.1, 0.15) is 31.4 Å². The first-order chi connectivity index (χ1) is 16.0. The van der Waals surface area contributed by atoms with Crippen LogP contribution >= 0.6 is 0 Å². The van der Waals surface area contributed by atoms with Gasteiger partial charge in [0, 0.05) is 30.7 Å². The second-order valence-corrected chi connectivity index (χ2v) is 9.07. The van der Waals surface area contributed by atoms with E-state index in [-0.39, 0.29) is 41.0 Å². The smallest absolute Gasteiger partial charge is 0.324 e. The molecule has 1 aliphatic rings. The Balaban J connectivity index is 1.75. The van der Waals surface area contributed by atoms with Gasteiger partial charge in [-0.2, -0.15) is 23.3 Å². The Morgan fingerprint density at radius 2 is 1.91 bits per heavy atom. The summed E-state index contributed by atoms with van der Waals surface area (Å²) in [6.45, 7) is 0.222. The number of nitrogens with two attached hydrogens (primary N) is 1. The first kappa shape index (κ1) is 23.6. The van der Waals surface area contributed by atoms with Crippen molar-refractivity contribution in [1.29, 1.82) is 0 Å². The number of carbonyl (C=O) groups is 1. The van der Waals surface area contributed by atoms with E-state index in [0.29, 0.717) is 24.6 Å². The monoisotopic (exact) mass is 496 g/mol. The predicted molar refractivity (Wildman–Crippen MR) is 116 cm³/mol. The Bertz CT molecular complexity index is 1370. The number of pyridine rings is 1. The molecule has 15 heteroatoms. The van der Waals surface area contributed by atoms with Crippen LogP contribution in [0.3, 0.4) is 0 Å². The number of amides is 1. The van der Waals surface area contributed by atoms with Crippen LogP contribution in [-0.4, -0.2) is 45.7 Å². The zero-order valence-electron chi connectivity index (χ0n) is 17.5. The van der Waals surface area contributed by atoms with Gasteiger partial charge in [0.15, 0.2) is 5.71 Å². The quantitative estimate of drug-likeness (QED) is 0.501. The van der Waals surface area contributed by atoms with Crippen LogP contribution in [0.5, 0.6) is 0 Å². The molecule has 4 N–H and O–H groups in total.